The van der Waals surface area contributed by atoms with E-state index in [9.17, 15) is 4.79 Å². The smallest absolute Gasteiger partial charge is 0.198 e. The summed E-state index contributed by atoms with van der Waals surface area (Å²) in [6, 6.07) is 5.17. The van der Waals surface area contributed by atoms with Crippen molar-refractivity contribution in [3.8, 4) is 0 Å². The van der Waals surface area contributed by atoms with Crippen LogP contribution in [0.15, 0.2) is 22.6 Å². The van der Waals surface area contributed by atoms with Crippen molar-refractivity contribution in [2.45, 2.75) is 19.3 Å². The first-order valence-electron chi connectivity index (χ1n) is 7.74. The first kappa shape index (κ1) is 14.6. The van der Waals surface area contributed by atoms with Gasteiger partial charge >= 0.3 is 0 Å². The number of rotatable bonds is 3. The summed E-state index contributed by atoms with van der Waals surface area (Å²) in [6.07, 6.45) is 3.01. The number of fused-ring (bicyclic) bond motifs is 4. The highest BCUT2D eigenvalue weighted by Crippen LogP contribution is 2.36. The van der Waals surface area contributed by atoms with Crippen LogP contribution in [0, 0.1) is 11.8 Å². The van der Waals surface area contributed by atoms with Crippen molar-refractivity contribution in [1.29, 1.82) is 0 Å². The number of carbonyl (C=O) groups excluding carboxylic acids is 1. The second kappa shape index (κ2) is 5.55. The number of ketones is 1. The number of hydrogen-bond donors (Lipinski definition) is 0. The summed E-state index contributed by atoms with van der Waals surface area (Å²) < 4.78 is 5.68. The number of nitrogens with zero attached hydrogens (tertiary/aromatic N) is 1. The van der Waals surface area contributed by atoms with Gasteiger partial charge in [-0.15, -0.1) is 0 Å². The van der Waals surface area contributed by atoms with Gasteiger partial charge in [0.1, 0.15) is 0 Å². The summed E-state index contributed by atoms with van der Waals surface area (Å²) >= 11 is 12.1. The zero-order valence-corrected chi connectivity index (χ0v) is 13.7. The van der Waals surface area contributed by atoms with Gasteiger partial charge in [0, 0.05) is 23.4 Å². The van der Waals surface area contributed by atoms with E-state index in [1.807, 2.05) is 0 Å². The average Bonchev–Trinajstić information content (AvgIpc) is 2.93. The molecular formula is C17H17Cl2NO2. The summed E-state index contributed by atoms with van der Waals surface area (Å²) in [5.41, 5.74) is 0.545. The number of benzene rings is 1. The van der Waals surface area contributed by atoms with Gasteiger partial charge in [-0.25, -0.2) is 0 Å². The molecule has 5 heteroatoms. The Labute approximate surface area is 139 Å². The molecule has 0 N–H and O–H groups in total. The number of carbonyl (C=O) groups is 1. The first-order valence-corrected chi connectivity index (χ1v) is 8.50. The van der Waals surface area contributed by atoms with Crippen LogP contribution in [0.25, 0.3) is 11.0 Å². The minimum absolute atomic E-state index is 0.0714. The Kier molecular flexibility index (Phi) is 3.67. The van der Waals surface area contributed by atoms with Gasteiger partial charge in [-0.3, -0.25) is 4.79 Å². The minimum atomic E-state index is 0.0714. The van der Waals surface area contributed by atoms with E-state index in [4.69, 9.17) is 27.6 Å². The zero-order chi connectivity index (χ0) is 15.3. The second-order valence-electron chi connectivity index (χ2n) is 6.44. The highest BCUT2D eigenvalue weighted by atomic mass is 35.5. The van der Waals surface area contributed by atoms with Crippen LogP contribution in [0.3, 0.4) is 0 Å². The van der Waals surface area contributed by atoms with Gasteiger partial charge in [0.05, 0.1) is 5.02 Å². The van der Waals surface area contributed by atoms with Crippen molar-refractivity contribution in [1.82, 2.24) is 4.90 Å². The van der Waals surface area contributed by atoms with E-state index in [-0.39, 0.29) is 5.78 Å². The molecule has 116 valence electrons. The van der Waals surface area contributed by atoms with Crippen molar-refractivity contribution in [2.75, 3.05) is 19.6 Å². The summed E-state index contributed by atoms with van der Waals surface area (Å²) in [4.78, 5) is 15.0. The molecule has 0 unspecified atom stereocenters. The predicted molar refractivity (Wildman–Crippen MR) is 87.8 cm³/mol. The molecule has 0 amide bonds. The van der Waals surface area contributed by atoms with E-state index in [1.54, 1.807) is 18.2 Å². The quantitative estimate of drug-likeness (QED) is 0.764. The van der Waals surface area contributed by atoms with Crippen LogP contribution >= 0.6 is 23.2 Å². The molecule has 0 aliphatic carbocycles. The third-order valence-corrected chi connectivity index (χ3v) is 5.55. The van der Waals surface area contributed by atoms with Crippen LogP contribution in [0.5, 0.6) is 0 Å². The molecule has 2 aromatic rings. The highest BCUT2D eigenvalue weighted by molar-refractivity contribution is 6.38. The summed E-state index contributed by atoms with van der Waals surface area (Å²) in [5, 5.41) is 1.79. The molecule has 0 radical (unpaired) electrons. The van der Waals surface area contributed by atoms with Gasteiger partial charge in [-0.2, -0.15) is 0 Å². The lowest BCUT2D eigenvalue weighted by Gasteiger charge is -2.44. The van der Waals surface area contributed by atoms with Crippen LogP contribution in [0.1, 0.15) is 29.8 Å². The first-order chi connectivity index (χ1) is 10.6. The SMILES string of the molecule is O=C(C[C@@H]1CN2CCC1CC2)c1cc2cc(Cl)cc(Cl)c2o1. The molecule has 1 aromatic heterocycles. The third-order valence-electron chi connectivity index (χ3n) is 5.05. The Morgan fingerprint density at radius 1 is 1.23 bits per heavy atom. The molecule has 5 rings (SSSR count). The minimum Gasteiger partial charge on any atom is -0.451 e. The lowest BCUT2D eigenvalue weighted by Crippen LogP contribution is -2.47. The molecular weight excluding hydrogens is 321 g/mol. The summed E-state index contributed by atoms with van der Waals surface area (Å²) in [5.74, 6) is 1.62. The maximum Gasteiger partial charge on any atom is 0.198 e. The molecule has 0 spiro atoms. The summed E-state index contributed by atoms with van der Waals surface area (Å²) in [7, 11) is 0. The van der Waals surface area contributed by atoms with E-state index in [0.29, 0.717) is 39.6 Å². The number of piperidine rings is 3. The molecule has 3 fully saturated rings. The molecule has 0 saturated carbocycles. The number of hydrogen-bond acceptors (Lipinski definition) is 3. The molecule has 3 nitrogen and oxygen atoms in total. The number of halogens is 2. The van der Waals surface area contributed by atoms with Crippen molar-refractivity contribution in [2.24, 2.45) is 11.8 Å². The molecule has 3 saturated heterocycles. The zero-order valence-electron chi connectivity index (χ0n) is 12.1. The third kappa shape index (κ3) is 2.55. The molecule has 3 aliphatic rings. The normalized spacial score (nSPS) is 27.5. The average molecular weight is 338 g/mol. The lowest BCUT2D eigenvalue weighted by atomic mass is 9.76. The van der Waals surface area contributed by atoms with E-state index in [1.165, 1.54) is 25.9 Å². The fraction of sp³-hybridized carbons (Fsp3) is 0.471. The van der Waals surface area contributed by atoms with Gasteiger partial charge in [0.15, 0.2) is 17.1 Å². The Morgan fingerprint density at radius 3 is 2.68 bits per heavy atom. The fourth-order valence-electron chi connectivity index (χ4n) is 3.87. The van der Waals surface area contributed by atoms with E-state index in [0.717, 1.165) is 11.9 Å². The van der Waals surface area contributed by atoms with Gasteiger partial charge in [-0.1, -0.05) is 23.2 Å². The van der Waals surface area contributed by atoms with Crippen LogP contribution in [0.4, 0.5) is 0 Å². The van der Waals surface area contributed by atoms with Crippen molar-refractivity contribution in [3.05, 3.63) is 34.0 Å². The van der Waals surface area contributed by atoms with E-state index < -0.39 is 0 Å². The predicted octanol–water partition coefficient (Wildman–Crippen LogP) is 4.65. The second-order valence-corrected chi connectivity index (χ2v) is 7.29. The monoisotopic (exact) mass is 337 g/mol. The molecule has 22 heavy (non-hydrogen) atoms. The van der Waals surface area contributed by atoms with Crippen LogP contribution in [0.2, 0.25) is 10.0 Å². The largest absolute Gasteiger partial charge is 0.451 e. The molecule has 4 heterocycles. The van der Waals surface area contributed by atoms with Crippen LogP contribution < -0.4 is 0 Å². The maximum atomic E-state index is 12.6. The Balaban J connectivity index is 1.56. The van der Waals surface area contributed by atoms with Gasteiger partial charge < -0.3 is 9.32 Å². The van der Waals surface area contributed by atoms with Crippen molar-refractivity contribution in [3.63, 3.8) is 0 Å². The molecule has 2 bridgehead atoms. The van der Waals surface area contributed by atoms with Crippen molar-refractivity contribution < 1.29 is 9.21 Å². The standard InChI is InChI=1S/C17H17Cl2NO2/c18-13-5-11-7-16(22-17(11)14(19)8-13)15(21)6-12-9-20-3-1-10(12)2-4-20/h5,7-8,10,12H,1-4,6,9H2/t12-/m1/s1. The van der Waals surface area contributed by atoms with E-state index >= 15 is 0 Å². The van der Waals surface area contributed by atoms with Crippen LogP contribution in [-0.4, -0.2) is 30.3 Å². The van der Waals surface area contributed by atoms with Gasteiger partial charge in [0.25, 0.3) is 0 Å². The Hall–Kier alpha value is -1.03. The number of Topliss-reactive ketones (excluding diaryl/α,β-unsaturated/α-hetero) is 1. The van der Waals surface area contributed by atoms with Gasteiger partial charge in [-0.05, 0) is 56.0 Å². The van der Waals surface area contributed by atoms with Crippen LogP contribution in [-0.2, 0) is 0 Å². The lowest BCUT2D eigenvalue weighted by molar-refractivity contribution is 0.0433. The summed E-state index contributed by atoms with van der Waals surface area (Å²) in [6.45, 7) is 3.42. The van der Waals surface area contributed by atoms with Gasteiger partial charge in [0.2, 0.25) is 0 Å². The highest BCUT2D eigenvalue weighted by Gasteiger charge is 2.35. The molecule has 1 atom stereocenters. The number of furan rings is 1. The van der Waals surface area contributed by atoms with Crippen molar-refractivity contribution >= 4 is 40.0 Å². The molecule has 1 aromatic carbocycles. The van der Waals surface area contributed by atoms with E-state index in [2.05, 4.69) is 4.90 Å². The fourth-order valence-corrected chi connectivity index (χ4v) is 4.42. The Bertz CT molecular complexity index is 732. The maximum absolute atomic E-state index is 12.6. The molecule has 3 aliphatic heterocycles. The Morgan fingerprint density at radius 2 is 2.00 bits per heavy atom. The topological polar surface area (TPSA) is 33.5 Å².